The van der Waals surface area contributed by atoms with Gasteiger partial charge in [0.05, 0.1) is 6.54 Å². The molecule has 88 valence electrons. The number of hydrogen-bond acceptors (Lipinski definition) is 2. The summed E-state index contributed by atoms with van der Waals surface area (Å²) in [5.41, 5.74) is 0.440. The highest BCUT2D eigenvalue weighted by Gasteiger charge is 2.09. The van der Waals surface area contributed by atoms with Gasteiger partial charge in [0.1, 0.15) is 11.6 Å². The number of carbonyl (C=O) groups is 1. The molecule has 1 aromatic heterocycles. The lowest BCUT2D eigenvalue weighted by atomic mass is 10.1. The number of imidazole rings is 1. The Bertz CT molecular complexity index is 534. The lowest BCUT2D eigenvalue weighted by Gasteiger charge is -2.05. The Morgan fingerprint density at radius 3 is 2.82 bits per heavy atom. The Morgan fingerprint density at radius 1 is 1.41 bits per heavy atom. The highest BCUT2D eigenvalue weighted by molar-refractivity contribution is 5.80. The minimum Gasteiger partial charge on any atom is -0.328 e. The van der Waals surface area contributed by atoms with Crippen LogP contribution in [0.1, 0.15) is 11.4 Å². The number of hydrogen-bond donors (Lipinski definition) is 0. The van der Waals surface area contributed by atoms with Crippen molar-refractivity contribution in [1.29, 1.82) is 0 Å². The summed E-state index contributed by atoms with van der Waals surface area (Å²) >= 11 is 0. The summed E-state index contributed by atoms with van der Waals surface area (Å²) in [6.07, 6.45) is 3.50. The zero-order valence-corrected chi connectivity index (χ0v) is 9.56. The Hall–Kier alpha value is -1.97. The predicted octanol–water partition coefficient (Wildman–Crippen LogP) is 2.14. The number of aryl methyl sites for hydroxylation is 1. The van der Waals surface area contributed by atoms with Crippen LogP contribution in [0.25, 0.3) is 0 Å². The first-order chi connectivity index (χ1) is 8.16. The Kier molecular flexibility index (Phi) is 3.32. The average molecular weight is 232 g/mol. The molecule has 1 aromatic carbocycles. The zero-order chi connectivity index (χ0) is 12.3. The van der Waals surface area contributed by atoms with Crippen molar-refractivity contribution in [2.24, 2.45) is 0 Å². The van der Waals surface area contributed by atoms with E-state index in [1.165, 1.54) is 6.07 Å². The van der Waals surface area contributed by atoms with Crippen molar-refractivity contribution in [2.75, 3.05) is 0 Å². The van der Waals surface area contributed by atoms with E-state index in [1.807, 2.05) is 6.92 Å². The van der Waals surface area contributed by atoms with Gasteiger partial charge in [-0.25, -0.2) is 9.37 Å². The summed E-state index contributed by atoms with van der Waals surface area (Å²) in [6.45, 7) is 2.07. The molecule has 3 nitrogen and oxygen atoms in total. The molecule has 0 aliphatic rings. The van der Waals surface area contributed by atoms with Gasteiger partial charge in [-0.2, -0.15) is 0 Å². The summed E-state index contributed by atoms with van der Waals surface area (Å²) in [7, 11) is 0. The maximum atomic E-state index is 13.3. The molecule has 2 aromatic rings. The summed E-state index contributed by atoms with van der Waals surface area (Å²) in [5, 5.41) is 0. The Labute approximate surface area is 98.9 Å². The van der Waals surface area contributed by atoms with Crippen molar-refractivity contribution in [3.63, 3.8) is 0 Å². The molecular formula is C13H13FN2O. The van der Waals surface area contributed by atoms with Crippen LogP contribution in [0.3, 0.4) is 0 Å². The third-order valence-electron chi connectivity index (χ3n) is 2.62. The lowest BCUT2D eigenvalue weighted by molar-refractivity contribution is -0.119. The van der Waals surface area contributed by atoms with Crippen LogP contribution in [0.5, 0.6) is 0 Å². The molecule has 0 aliphatic carbocycles. The number of benzene rings is 1. The molecule has 0 bridgehead atoms. The SMILES string of the molecule is Cc1nccn1CC(=O)Cc1ccccc1F. The molecule has 0 aliphatic heterocycles. The molecule has 0 spiro atoms. The van der Waals surface area contributed by atoms with Crippen molar-refractivity contribution >= 4 is 5.78 Å². The minimum atomic E-state index is -0.330. The van der Waals surface area contributed by atoms with E-state index in [1.54, 1.807) is 35.2 Å². The van der Waals surface area contributed by atoms with Gasteiger partial charge in [0.15, 0.2) is 5.78 Å². The average Bonchev–Trinajstić information content (AvgIpc) is 2.68. The van der Waals surface area contributed by atoms with Gasteiger partial charge in [-0.15, -0.1) is 0 Å². The number of ketones is 1. The highest BCUT2D eigenvalue weighted by atomic mass is 19.1. The molecule has 0 radical (unpaired) electrons. The standard InChI is InChI=1S/C13H13FN2O/c1-10-15-6-7-16(10)9-12(17)8-11-4-2-3-5-13(11)14/h2-7H,8-9H2,1H3. The fourth-order valence-electron chi connectivity index (χ4n) is 1.67. The van der Waals surface area contributed by atoms with Crippen LogP contribution < -0.4 is 0 Å². The summed E-state index contributed by atoms with van der Waals surface area (Å²) in [5.74, 6) is 0.422. The molecule has 0 N–H and O–H groups in total. The van der Waals surface area contributed by atoms with Crippen molar-refractivity contribution in [3.8, 4) is 0 Å². The highest BCUT2D eigenvalue weighted by Crippen LogP contribution is 2.08. The largest absolute Gasteiger partial charge is 0.328 e. The van der Waals surface area contributed by atoms with Crippen molar-refractivity contribution in [3.05, 3.63) is 53.9 Å². The van der Waals surface area contributed by atoms with Crippen molar-refractivity contribution < 1.29 is 9.18 Å². The molecule has 0 amide bonds. The van der Waals surface area contributed by atoms with Crippen LogP contribution in [-0.2, 0) is 17.8 Å². The van der Waals surface area contributed by atoms with Crippen LogP contribution in [0.4, 0.5) is 4.39 Å². The van der Waals surface area contributed by atoms with Crippen LogP contribution in [-0.4, -0.2) is 15.3 Å². The van der Waals surface area contributed by atoms with Gasteiger partial charge in [-0.3, -0.25) is 4.79 Å². The van der Waals surface area contributed by atoms with Gasteiger partial charge < -0.3 is 4.57 Å². The number of nitrogens with zero attached hydrogens (tertiary/aromatic N) is 2. The van der Waals surface area contributed by atoms with Gasteiger partial charge in [0.2, 0.25) is 0 Å². The number of carbonyl (C=O) groups excluding carboxylic acids is 1. The quantitative estimate of drug-likeness (QED) is 0.809. The molecule has 4 heteroatoms. The van der Waals surface area contributed by atoms with Crippen molar-refractivity contribution in [1.82, 2.24) is 9.55 Å². The summed E-state index contributed by atoms with van der Waals surface area (Å²) in [6, 6.07) is 6.34. The molecule has 1 heterocycles. The lowest BCUT2D eigenvalue weighted by Crippen LogP contribution is -2.13. The van der Waals surface area contributed by atoms with E-state index in [9.17, 15) is 9.18 Å². The topological polar surface area (TPSA) is 34.9 Å². The summed E-state index contributed by atoms with van der Waals surface area (Å²) < 4.78 is 15.1. The number of halogens is 1. The van der Waals surface area contributed by atoms with Gasteiger partial charge in [0, 0.05) is 18.8 Å². The molecule has 0 saturated carbocycles. The monoisotopic (exact) mass is 232 g/mol. The van der Waals surface area contributed by atoms with Crippen LogP contribution >= 0.6 is 0 Å². The first-order valence-electron chi connectivity index (χ1n) is 5.39. The van der Waals surface area contributed by atoms with E-state index in [-0.39, 0.29) is 24.6 Å². The van der Waals surface area contributed by atoms with Gasteiger partial charge in [-0.05, 0) is 18.6 Å². The van der Waals surface area contributed by atoms with E-state index in [2.05, 4.69) is 4.98 Å². The van der Waals surface area contributed by atoms with E-state index >= 15 is 0 Å². The van der Waals surface area contributed by atoms with Gasteiger partial charge in [-0.1, -0.05) is 18.2 Å². The van der Waals surface area contributed by atoms with E-state index in [4.69, 9.17) is 0 Å². The van der Waals surface area contributed by atoms with E-state index < -0.39 is 0 Å². The second kappa shape index (κ2) is 4.91. The Balaban J connectivity index is 2.03. The predicted molar refractivity (Wildman–Crippen MR) is 62.1 cm³/mol. The van der Waals surface area contributed by atoms with E-state index in [0.717, 1.165) is 5.82 Å². The Morgan fingerprint density at radius 2 is 2.18 bits per heavy atom. The van der Waals surface area contributed by atoms with Crippen LogP contribution in [0.15, 0.2) is 36.7 Å². The zero-order valence-electron chi connectivity index (χ0n) is 9.56. The molecule has 2 rings (SSSR count). The van der Waals surface area contributed by atoms with Crippen LogP contribution in [0, 0.1) is 12.7 Å². The minimum absolute atomic E-state index is 0.0313. The molecule has 0 fully saturated rings. The number of Topliss-reactive ketones (excluding diaryl/α,β-unsaturated/α-hetero) is 1. The van der Waals surface area contributed by atoms with E-state index in [0.29, 0.717) is 5.56 Å². The second-order valence-corrected chi connectivity index (χ2v) is 3.91. The second-order valence-electron chi connectivity index (χ2n) is 3.91. The fraction of sp³-hybridized carbons (Fsp3) is 0.231. The maximum Gasteiger partial charge on any atom is 0.157 e. The fourth-order valence-corrected chi connectivity index (χ4v) is 1.67. The number of aromatic nitrogens is 2. The van der Waals surface area contributed by atoms with Gasteiger partial charge >= 0.3 is 0 Å². The first kappa shape index (κ1) is 11.5. The molecule has 0 unspecified atom stereocenters. The maximum absolute atomic E-state index is 13.3. The molecule has 0 saturated heterocycles. The summed E-state index contributed by atoms with van der Waals surface area (Å²) in [4.78, 5) is 15.8. The molecule has 0 atom stereocenters. The third kappa shape index (κ3) is 2.78. The van der Waals surface area contributed by atoms with Gasteiger partial charge in [0.25, 0.3) is 0 Å². The normalized spacial score (nSPS) is 10.5. The first-order valence-corrected chi connectivity index (χ1v) is 5.39. The van der Waals surface area contributed by atoms with Crippen molar-refractivity contribution in [2.45, 2.75) is 19.9 Å². The number of rotatable bonds is 4. The third-order valence-corrected chi connectivity index (χ3v) is 2.62. The molecular weight excluding hydrogens is 219 g/mol. The van der Waals surface area contributed by atoms with Crippen LogP contribution in [0.2, 0.25) is 0 Å². The smallest absolute Gasteiger partial charge is 0.157 e. The molecule has 17 heavy (non-hydrogen) atoms.